The third-order valence-corrected chi connectivity index (χ3v) is 5.05. The van der Waals surface area contributed by atoms with Crippen molar-refractivity contribution in [1.82, 2.24) is 9.78 Å². The molecular weight excluding hydrogens is 244 g/mol. The first kappa shape index (κ1) is 12.1. The van der Waals surface area contributed by atoms with E-state index in [0.29, 0.717) is 12.1 Å². The highest BCUT2D eigenvalue weighted by Crippen LogP contribution is 2.30. The molecule has 1 atom stereocenters. The predicted molar refractivity (Wildman–Crippen MR) is 60.8 cm³/mol. The van der Waals surface area contributed by atoms with Crippen LogP contribution in [-0.4, -0.2) is 40.8 Å². The highest BCUT2D eigenvalue weighted by molar-refractivity contribution is 7.91. The van der Waals surface area contributed by atoms with Gasteiger partial charge in [0.15, 0.2) is 9.84 Å². The first-order valence-corrected chi connectivity index (χ1v) is 7.06. The summed E-state index contributed by atoms with van der Waals surface area (Å²) in [5.74, 6) is -0.899. The molecular formula is C10H14N2O4S. The van der Waals surface area contributed by atoms with Crippen LogP contribution < -0.4 is 0 Å². The van der Waals surface area contributed by atoms with Gasteiger partial charge in [0.05, 0.1) is 22.7 Å². The lowest BCUT2D eigenvalue weighted by Crippen LogP contribution is -2.31. The van der Waals surface area contributed by atoms with Gasteiger partial charge < -0.3 is 5.11 Å². The van der Waals surface area contributed by atoms with Crippen LogP contribution in [0.5, 0.6) is 0 Å². The van der Waals surface area contributed by atoms with Crippen molar-refractivity contribution in [2.45, 2.75) is 25.8 Å². The van der Waals surface area contributed by atoms with Crippen molar-refractivity contribution in [3.8, 4) is 0 Å². The number of aryl methyl sites for hydroxylation is 1. The Balaban J connectivity index is 2.42. The largest absolute Gasteiger partial charge is 0.478 e. The lowest BCUT2D eigenvalue weighted by Gasteiger charge is -2.22. The molecule has 17 heavy (non-hydrogen) atoms. The highest BCUT2D eigenvalue weighted by Gasteiger charge is 2.41. The molecule has 0 aromatic carbocycles. The average Bonchev–Trinajstić information content (AvgIpc) is 2.69. The van der Waals surface area contributed by atoms with E-state index in [1.807, 2.05) is 0 Å². The first-order chi connectivity index (χ1) is 7.73. The Morgan fingerprint density at radius 2 is 2.24 bits per heavy atom. The van der Waals surface area contributed by atoms with Crippen molar-refractivity contribution in [2.24, 2.45) is 0 Å². The van der Waals surface area contributed by atoms with Gasteiger partial charge in [0.2, 0.25) is 0 Å². The second kappa shape index (κ2) is 3.56. The second-order valence-electron chi connectivity index (χ2n) is 4.72. The van der Waals surface area contributed by atoms with Gasteiger partial charge in [-0.3, -0.25) is 4.68 Å². The van der Waals surface area contributed by atoms with Crippen LogP contribution in [-0.2, 0) is 15.4 Å². The fourth-order valence-corrected chi connectivity index (χ4v) is 4.24. The fraction of sp³-hybridized carbons (Fsp3) is 0.600. The fourth-order valence-electron chi connectivity index (χ4n) is 2.12. The Bertz CT molecular complexity index is 575. The SMILES string of the molecule is Cc1nn(C2(C)CCS(=O)(=O)C2)cc1C(=O)O. The van der Waals surface area contributed by atoms with Crippen molar-refractivity contribution in [3.63, 3.8) is 0 Å². The van der Waals surface area contributed by atoms with E-state index in [-0.39, 0.29) is 17.1 Å². The highest BCUT2D eigenvalue weighted by atomic mass is 32.2. The standard InChI is InChI=1S/C10H14N2O4S/c1-7-8(9(13)14)5-12(11-7)10(2)3-4-17(15,16)6-10/h5H,3-4,6H2,1-2H3,(H,13,14). The lowest BCUT2D eigenvalue weighted by atomic mass is 10.0. The maximum absolute atomic E-state index is 11.5. The zero-order chi connectivity index (χ0) is 12.8. The van der Waals surface area contributed by atoms with E-state index >= 15 is 0 Å². The van der Waals surface area contributed by atoms with Crippen LogP contribution in [0.2, 0.25) is 0 Å². The van der Waals surface area contributed by atoms with Gasteiger partial charge in [-0.05, 0) is 20.3 Å². The molecule has 7 heteroatoms. The van der Waals surface area contributed by atoms with Crippen molar-refractivity contribution in [2.75, 3.05) is 11.5 Å². The van der Waals surface area contributed by atoms with E-state index in [4.69, 9.17) is 5.11 Å². The molecule has 1 unspecified atom stereocenters. The van der Waals surface area contributed by atoms with Crippen LogP contribution in [0.1, 0.15) is 29.4 Å². The smallest absolute Gasteiger partial charge is 0.339 e. The zero-order valence-electron chi connectivity index (χ0n) is 9.67. The average molecular weight is 258 g/mol. The second-order valence-corrected chi connectivity index (χ2v) is 6.90. The van der Waals surface area contributed by atoms with Crippen LogP contribution in [0.3, 0.4) is 0 Å². The third kappa shape index (κ3) is 2.06. The van der Waals surface area contributed by atoms with E-state index in [9.17, 15) is 13.2 Å². The molecule has 1 aliphatic heterocycles. The Hall–Kier alpha value is -1.37. The van der Waals surface area contributed by atoms with Crippen molar-refractivity contribution < 1.29 is 18.3 Å². The van der Waals surface area contributed by atoms with E-state index < -0.39 is 21.3 Å². The Labute approximate surface area is 99.2 Å². The summed E-state index contributed by atoms with van der Waals surface area (Å²) < 4.78 is 24.5. The molecule has 2 heterocycles. The molecule has 6 nitrogen and oxygen atoms in total. The molecule has 0 spiro atoms. The van der Waals surface area contributed by atoms with E-state index in [1.165, 1.54) is 10.9 Å². The molecule has 1 saturated heterocycles. The number of nitrogens with zero attached hydrogens (tertiary/aromatic N) is 2. The van der Waals surface area contributed by atoms with E-state index in [2.05, 4.69) is 5.10 Å². The molecule has 2 rings (SSSR count). The first-order valence-electron chi connectivity index (χ1n) is 5.24. The molecule has 1 aromatic rings. The summed E-state index contributed by atoms with van der Waals surface area (Å²) in [7, 11) is -3.03. The molecule has 0 bridgehead atoms. The minimum Gasteiger partial charge on any atom is -0.478 e. The van der Waals surface area contributed by atoms with Gasteiger partial charge in [-0.15, -0.1) is 0 Å². The number of aromatic carboxylic acids is 1. The van der Waals surface area contributed by atoms with Crippen molar-refractivity contribution in [3.05, 3.63) is 17.5 Å². The Kier molecular flexibility index (Phi) is 2.53. The topological polar surface area (TPSA) is 89.3 Å². The summed E-state index contributed by atoms with van der Waals surface area (Å²) in [6, 6.07) is 0. The molecule has 0 aliphatic carbocycles. The molecule has 0 saturated carbocycles. The molecule has 1 fully saturated rings. The van der Waals surface area contributed by atoms with Gasteiger partial charge in [0.25, 0.3) is 0 Å². The number of aromatic nitrogens is 2. The molecule has 1 aromatic heterocycles. The van der Waals surface area contributed by atoms with Crippen LogP contribution >= 0.6 is 0 Å². The number of rotatable bonds is 2. The summed E-state index contributed by atoms with van der Waals surface area (Å²) in [6.07, 6.45) is 1.88. The Morgan fingerprint density at radius 3 is 2.65 bits per heavy atom. The summed E-state index contributed by atoms with van der Waals surface area (Å²) in [5.41, 5.74) is -0.101. The number of carboxylic acid groups (broad SMARTS) is 1. The number of hydrogen-bond acceptors (Lipinski definition) is 4. The lowest BCUT2D eigenvalue weighted by molar-refractivity contribution is 0.0696. The van der Waals surface area contributed by atoms with Gasteiger partial charge in [-0.2, -0.15) is 5.10 Å². The maximum Gasteiger partial charge on any atom is 0.339 e. The molecule has 1 aliphatic rings. The quantitative estimate of drug-likeness (QED) is 0.830. The molecule has 94 valence electrons. The van der Waals surface area contributed by atoms with Gasteiger partial charge >= 0.3 is 5.97 Å². The monoisotopic (exact) mass is 258 g/mol. The minimum atomic E-state index is -3.03. The number of carboxylic acids is 1. The Morgan fingerprint density at radius 1 is 1.59 bits per heavy atom. The molecule has 1 N–H and O–H groups in total. The normalized spacial score (nSPS) is 27.2. The minimum absolute atomic E-state index is 0.0141. The van der Waals surface area contributed by atoms with Gasteiger partial charge in [-0.25, -0.2) is 13.2 Å². The van der Waals surface area contributed by atoms with Crippen LogP contribution in [0, 0.1) is 6.92 Å². The number of carbonyl (C=O) groups is 1. The molecule has 0 amide bonds. The van der Waals surface area contributed by atoms with Gasteiger partial charge in [0, 0.05) is 6.20 Å². The molecule has 0 radical (unpaired) electrons. The summed E-state index contributed by atoms with van der Waals surface area (Å²) in [6.45, 7) is 3.39. The zero-order valence-corrected chi connectivity index (χ0v) is 10.5. The van der Waals surface area contributed by atoms with E-state index in [0.717, 1.165) is 0 Å². The number of sulfone groups is 1. The van der Waals surface area contributed by atoms with Crippen molar-refractivity contribution >= 4 is 15.8 Å². The van der Waals surface area contributed by atoms with Gasteiger partial charge in [0.1, 0.15) is 5.56 Å². The third-order valence-electron chi connectivity index (χ3n) is 3.16. The summed E-state index contributed by atoms with van der Waals surface area (Å²) >= 11 is 0. The summed E-state index contributed by atoms with van der Waals surface area (Å²) in [5, 5.41) is 13.1. The predicted octanol–water partition coefficient (Wildman–Crippen LogP) is 0.423. The maximum atomic E-state index is 11.5. The number of hydrogen-bond donors (Lipinski definition) is 1. The van der Waals surface area contributed by atoms with Crippen molar-refractivity contribution in [1.29, 1.82) is 0 Å². The summed E-state index contributed by atoms with van der Waals surface area (Å²) in [4.78, 5) is 10.9. The van der Waals surface area contributed by atoms with E-state index in [1.54, 1.807) is 13.8 Å². The van der Waals surface area contributed by atoms with Crippen LogP contribution in [0.25, 0.3) is 0 Å². The van der Waals surface area contributed by atoms with Crippen LogP contribution in [0.15, 0.2) is 6.20 Å². The van der Waals surface area contributed by atoms with Gasteiger partial charge in [-0.1, -0.05) is 0 Å². The van der Waals surface area contributed by atoms with Crippen LogP contribution in [0.4, 0.5) is 0 Å².